The van der Waals surface area contributed by atoms with Crippen molar-refractivity contribution in [3.63, 3.8) is 0 Å². The lowest BCUT2D eigenvalue weighted by molar-refractivity contribution is -0.112. The highest BCUT2D eigenvalue weighted by Crippen LogP contribution is 2.28. The van der Waals surface area contributed by atoms with E-state index in [1.807, 2.05) is 13.0 Å². The predicted octanol–water partition coefficient (Wildman–Crippen LogP) is 0.830. The average molecular weight is 228 g/mol. The summed E-state index contributed by atoms with van der Waals surface area (Å²) in [5, 5.41) is 2.52. The number of aryl methyl sites for hydroxylation is 1. The maximum absolute atomic E-state index is 11.7. The Balaban J connectivity index is 2.54. The molecule has 0 saturated heterocycles. The van der Waals surface area contributed by atoms with Crippen LogP contribution >= 0.6 is 0 Å². The van der Waals surface area contributed by atoms with Gasteiger partial charge in [-0.2, -0.15) is 0 Å². The van der Waals surface area contributed by atoms with Gasteiger partial charge >= 0.3 is 0 Å². The predicted molar refractivity (Wildman–Crippen MR) is 64.7 cm³/mol. The molecule has 1 aromatic rings. The highest BCUT2D eigenvalue weighted by molar-refractivity contribution is 6.52. The molecule has 0 saturated carbocycles. The quantitative estimate of drug-likeness (QED) is 0.552. The van der Waals surface area contributed by atoms with E-state index < -0.39 is 11.7 Å². The summed E-state index contributed by atoms with van der Waals surface area (Å²) in [6.07, 6.45) is 0.568. The van der Waals surface area contributed by atoms with Gasteiger partial charge < -0.3 is 11.1 Å². The standard InChI is InChI=1S/C13H12N2O2/c1-8-5-6-10-11(12(16)13(17)15-10)9(8)4-2-3-7-14/h5-6H,3,7,14H2,1H3,(H,15,16,17). The third-order valence-corrected chi connectivity index (χ3v) is 2.58. The zero-order valence-electron chi connectivity index (χ0n) is 9.46. The number of hydrogen-bond acceptors (Lipinski definition) is 3. The number of anilines is 1. The van der Waals surface area contributed by atoms with Crippen LogP contribution in [0.15, 0.2) is 12.1 Å². The molecule has 0 fully saturated rings. The molecular formula is C13H12N2O2. The van der Waals surface area contributed by atoms with Crippen LogP contribution in [-0.2, 0) is 4.79 Å². The number of carbonyl (C=O) groups excluding carboxylic acids is 2. The van der Waals surface area contributed by atoms with E-state index in [1.165, 1.54) is 0 Å². The number of carbonyl (C=O) groups is 2. The van der Waals surface area contributed by atoms with E-state index in [0.717, 1.165) is 5.56 Å². The molecule has 1 aliphatic heterocycles. The van der Waals surface area contributed by atoms with Gasteiger partial charge in [-0.1, -0.05) is 17.9 Å². The maximum Gasteiger partial charge on any atom is 0.296 e. The molecule has 3 N–H and O–H groups in total. The summed E-state index contributed by atoms with van der Waals surface area (Å²) in [4.78, 5) is 23.0. The summed E-state index contributed by atoms with van der Waals surface area (Å²) in [6.45, 7) is 2.34. The van der Waals surface area contributed by atoms with E-state index in [2.05, 4.69) is 17.2 Å². The van der Waals surface area contributed by atoms with Crippen molar-refractivity contribution in [1.29, 1.82) is 0 Å². The van der Waals surface area contributed by atoms with Crippen LogP contribution in [0.4, 0.5) is 5.69 Å². The molecule has 86 valence electrons. The summed E-state index contributed by atoms with van der Waals surface area (Å²) < 4.78 is 0. The van der Waals surface area contributed by atoms with E-state index in [-0.39, 0.29) is 0 Å². The van der Waals surface area contributed by atoms with Crippen molar-refractivity contribution in [3.05, 3.63) is 28.8 Å². The van der Waals surface area contributed by atoms with Crippen molar-refractivity contribution in [2.45, 2.75) is 13.3 Å². The number of hydrogen-bond donors (Lipinski definition) is 2. The normalized spacial score (nSPS) is 12.8. The second-order valence-corrected chi connectivity index (χ2v) is 3.80. The van der Waals surface area contributed by atoms with E-state index in [4.69, 9.17) is 5.73 Å². The van der Waals surface area contributed by atoms with E-state index in [9.17, 15) is 9.59 Å². The Hall–Kier alpha value is -2.12. The molecule has 0 radical (unpaired) electrons. The van der Waals surface area contributed by atoms with Crippen LogP contribution in [0, 0.1) is 18.8 Å². The molecule has 1 aromatic carbocycles. The smallest absolute Gasteiger partial charge is 0.296 e. The fraction of sp³-hybridized carbons (Fsp3) is 0.231. The van der Waals surface area contributed by atoms with Crippen molar-refractivity contribution in [1.82, 2.24) is 0 Å². The fourth-order valence-electron chi connectivity index (χ4n) is 1.72. The lowest BCUT2D eigenvalue weighted by Crippen LogP contribution is -2.13. The van der Waals surface area contributed by atoms with Crippen LogP contribution < -0.4 is 11.1 Å². The lowest BCUT2D eigenvalue weighted by Gasteiger charge is -2.03. The van der Waals surface area contributed by atoms with Gasteiger partial charge in [0, 0.05) is 18.5 Å². The number of nitrogens with two attached hydrogens (primary N) is 1. The lowest BCUT2D eigenvalue weighted by atomic mass is 9.99. The van der Waals surface area contributed by atoms with Gasteiger partial charge in [0.25, 0.3) is 11.7 Å². The number of fused-ring (bicyclic) bond motifs is 1. The Morgan fingerprint density at radius 3 is 2.82 bits per heavy atom. The average Bonchev–Trinajstić information content (AvgIpc) is 2.59. The Morgan fingerprint density at radius 2 is 2.12 bits per heavy atom. The molecule has 17 heavy (non-hydrogen) atoms. The third-order valence-electron chi connectivity index (χ3n) is 2.58. The SMILES string of the molecule is Cc1ccc2c(c1C#CCCN)C(=O)C(=O)N2. The van der Waals surface area contributed by atoms with Gasteiger partial charge in [0.15, 0.2) is 0 Å². The molecule has 0 atom stereocenters. The number of amides is 1. The zero-order valence-corrected chi connectivity index (χ0v) is 9.46. The topological polar surface area (TPSA) is 72.2 Å². The van der Waals surface area contributed by atoms with Crippen molar-refractivity contribution in [2.75, 3.05) is 11.9 Å². The highest BCUT2D eigenvalue weighted by atomic mass is 16.2. The molecule has 1 aliphatic rings. The molecular weight excluding hydrogens is 216 g/mol. The van der Waals surface area contributed by atoms with Crippen LogP contribution in [0.2, 0.25) is 0 Å². The van der Waals surface area contributed by atoms with Crippen molar-refractivity contribution >= 4 is 17.4 Å². The molecule has 4 nitrogen and oxygen atoms in total. The monoisotopic (exact) mass is 228 g/mol. The Bertz CT molecular complexity index is 565. The summed E-state index contributed by atoms with van der Waals surface area (Å²) in [5.41, 5.74) is 7.80. The minimum atomic E-state index is -0.590. The first-order chi connectivity index (χ1) is 8.15. The molecule has 0 aromatic heterocycles. The molecule has 4 heteroatoms. The van der Waals surface area contributed by atoms with Crippen molar-refractivity contribution in [2.24, 2.45) is 5.73 Å². The Morgan fingerprint density at radius 1 is 1.35 bits per heavy atom. The van der Waals surface area contributed by atoms with Gasteiger partial charge in [-0.15, -0.1) is 0 Å². The van der Waals surface area contributed by atoms with Crippen LogP contribution in [-0.4, -0.2) is 18.2 Å². The fourth-order valence-corrected chi connectivity index (χ4v) is 1.72. The molecule has 2 rings (SSSR count). The Labute approximate surface area is 99.2 Å². The second-order valence-electron chi connectivity index (χ2n) is 3.80. The molecule has 1 amide bonds. The van der Waals surface area contributed by atoms with Gasteiger partial charge in [-0.3, -0.25) is 9.59 Å². The zero-order chi connectivity index (χ0) is 12.4. The van der Waals surface area contributed by atoms with Crippen molar-refractivity contribution < 1.29 is 9.59 Å². The van der Waals surface area contributed by atoms with Gasteiger partial charge in [0.2, 0.25) is 0 Å². The molecule has 0 bridgehead atoms. The van der Waals surface area contributed by atoms with E-state index in [0.29, 0.717) is 29.8 Å². The van der Waals surface area contributed by atoms with Crippen LogP contribution in [0.5, 0.6) is 0 Å². The van der Waals surface area contributed by atoms with E-state index >= 15 is 0 Å². The number of ketones is 1. The van der Waals surface area contributed by atoms with Gasteiger partial charge in [-0.05, 0) is 18.6 Å². The summed E-state index contributed by atoms with van der Waals surface area (Å²) in [5.74, 6) is 4.71. The molecule has 0 spiro atoms. The largest absolute Gasteiger partial charge is 0.330 e. The molecule has 0 unspecified atom stereocenters. The van der Waals surface area contributed by atoms with Crippen molar-refractivity contribution in [3.8, 4) is 11.8 Å². The number of nitrogens with one attached hydrogen (secondary N) is 1. The second kappa shape index (κ2) is 4.40. The van der Waals surface area contributed by atoms with Crippen LogP contribution in [0.25, 0.3) is 0 Å². The van der Waals surface area contributed by atoms with Crippen LogP contribution in [0.1, 0.15) is 27.9 Å². The minimum Gasteiger partial charge on any atom is -0.330 e. The molecule has 0 aliphatic carbocycles. The maximum atomic E-state index is 11.7. The van der Waals surface area contributed by atoms with Gasteiger partial charge in [0.05, 0.1) is 11.3 Å². The first-order valence-corrected chi connectivity index (χ1v) is 5.33. The minimum absolute atomic E-state index is 0.388. The number of rotatable bonds is 1. The first kappa shape index (κ1) is 11.4. The first-order valence-electron chi connectivity index (χ1n) is 5.33. The number of benzene rings is 1. The van der Waals surface area contributed by atoms with Gasteiger partial charge in [0.1, 0.15) is 0 Å². The van der Waals surface area contributed by atoms with E-state index in [1.54, 1.807) is 6.07 Å². The van der Waals surface area contributed by atoms with Gasteiger partial charge in [-0.25, -0.2) is 0 Å². The molecule has 1 heterocycles. The number of Topliss-reactive ketones (excluding diaryl/α,β-unsaturated/α-hetero) is 1. The third kappa shape index (κ3) is 1.93. The summed E-state index contributed by atoms with van der Waals surface area (Å²) in [6, 6.07) is 3.56. The summed E-state index contributed by atoms with van der Waals surface area (Å²) >= 11 is 0. The summed E-state index contributed by atoms with van der Waals surface area (Å²) in [7, 11) is 0. The Kier molecular flexibility index (Phi) is 2.94. The van der Waals surface area contributed by atoms with Crippen LogP contribution in [0.3, 0.4) is 0 Å². The highest BCUT2D eigenvalue weighted by Gasteiger charge is 2.30.